The summed E-state index contributed by atoms with van der Waals surface area (Å²) >= 11 is 1.39. The highest BCUT2D eigenvalue weighted by molar-refractivity contribution is 7.98. The van der Waals surface area contributed by atoms with Crippen molar-refractivity contribution in [3.63, 3.8) is 0 Å². The summed E-state index contributed by atoms with van der Waals surface area (Å²) in [5.74, 6) is 0.663. The molecule has 0 saturated heterocycles. The Hall–Kier alpha value is -2.67. The fourth-order valence-electron chi connectivity index (χ4n) is 2.66. The lowest BCUT2D eigenvalue weighted by Crippen LogP contribution is -2.20. The Bertz CT molecular complexity index is 1120. The van der Waals surface area contributed by atoms with Crippen LogP contribution in [0.2, 0.25) is 0 Å². The van der Waals surface area contributed by atoms with Gasteiger partial charge in [0.2, 0.25) is 5.78 Å². The summed E-state index contributed by atoms with van der Waals surface area (Å²) in [5.41, 5.74) is 1.24. The molecule has 2 heterocycles. The second kappa shape index (κ2) is 5.76. The number of aryl methyl sites for hydroxylation is 1. The quantitative estimate of drug-likeness (QED) is 0.538. The molecule has 0 amide bonds. The summed E-state index contributed by atoms with van der Waals surface area (Å²) in [6.45, 7) is 0. The van der Waals surface area contributed by atoms with E-state index in [0.29, 0.717) is 27.6 Å². The van der Waals surface area contributed by atoms with E-state index in [4.69, 9.17) is 0 Å². The van der Waals surface area contributed by atoms with Crippen LogP contribution < -0.4 is 5.56 Å². The van der Waals surface area contributed by atoms with Crippen LogP contribution in [0.3, 0.4) is 0 Å². The Labute approximate surface area is 140 Å². The number of hydrogen-bond acceptors (Lipinski definition) is 4. The monoisotopic (exact) mass is 340 g/mol. The number of aromatic nitrogens is 4. The first-order valence-corrected chi connectivity index (χ1v) is 8.34. The molecule has 120 valence electrons. The van der Waals surface area contributed by atoms with Gasteiger partial charge in [-0.25, -0.2) is 4.39 Å². The summed E-state index contributed by atoms with van der Waals surface area (Å²) in [7, 11) is 1.67. The SMILES string of the molecule is Cn1c(=O)c2ccccc2n2c(SCc3ccccc3F)nnc12. The molecule has 0 atom stereocenters. The first kappa shape index (κ1) is 14.9. The predicted molar refractivity (Wildman–Crippen MR) is 91.7 cm³/mol. The van der Waals surface area contributed by atoms with Crippen molar-refractivity contribution < 1.29 is 4.39 Å². The molecule has 5 nitrogen and oxygen atoms in total. The number of fused-ring (bicyclic) bond motifs is 3. The second-order valence-electron chi connectivity index (χ2n) is 5.38. The van der Waals surface area contributed by atoms with Crippen molar-refractivity contribution in [3.8, 4) is 0 Å². The van der Waals surface area contributed by atoms with Crippen LogP contribution in [-0.2, 0) is 12.8 Å². The fourth-order valence-corrected chi connectivity index (χ4v) is 3.59. The summed E-state index contributed by atoms with van der Waals surface area (Å²) in [6, 6.07) is 14.0. The normalized spacial score (nSPS) is 11.4. The lowest BCUT2D eigenvalue weighted by molar-refractivity contribution is 0.617. The average molecular weight is 340 g/mol. The molecule has 0 fully saturated rings. The maximum absolute atomic E-state index is 13.8. The molecule has 0 bridgehead atoms. The topological polar surface area (TPSA) is 52.2 Å². The molecule has 0 aliphatic rings. The molecule has 24 heavy (non-hydrogen) atoms. The molecule has 0 radical (unpaired) electrons. The minimum Gasteiger partial charge on any atom is -0.279 e. The molecule has 4 aromatic rings. The number of para-hydroxylation sites is 1. The zero-order valence-electron chi connectivity index (χ0n) is 12.8. The van der Waals surface area contributed by atoms with Gasteiger partial charge in [0, 0.05) is 12.8 Å². The van der Waals surface area contributed by atoms with Crippen LogP contribution >= 0.6 is 11.8 Å². The van der Waals surface area contributed by atoms with Gasteiger partial charge in [-0.3, -0.25) is 13.8 Å². The number of rotatable bonds is 3. The highest BCUT2D eigenvalue weighted by Gasteiger charge is 2.15. The molecule has 0 saturated carbocycles. The van der Waals surface area contributed by atoms with Gasteiger partial charge in [-0.1, -0.05) is 42.1 Å². The number of halogens is 1. The van der Waals surface area contributed by atoms with Crippen molar-refractivity contribution in [2.45, 2.75) is 10.9 Å². The summed E-state index contributed by atoms with van der Waals surface area (Å²) in [5, 5.41) is 9.53. The molecular weight excluding hydrogens is 327 g/mol. The molecule has 2 aromatic heterocycles. The zero-order chi connectivity index (χ0) is 16.7. The van der Waals surface area contributed by atoms with Crippen molar-refractivity contribution >= 4 is 28.4 Å². The molecule has 0 N–H and O–H groups in total. The standard InChI is InChI=1S/C17H13FN4OS/c1-21-15(23)12-7-3-5-9-14(12)22-16(21)19-20-17(22)24-10-11-6-2-4-8-13(11)18/h2-9H,10H2,1H3. The van der Waals surface area contributed by atoms with E-state index in [1.807, 2.05) is 22.6 Å². The minimum absolute atomic E-state index is 0.115. The van der Waals surface area contributed by atoms with Crippen molar-refractivity contribution in [2.24, 2.45) is 7.05 Å². The van der Waals surface area contributed by atoms with Crippen molar-refractivity contribution in [2.75, 3.05) is 0 Å². The highest BCUT2D eigenvalue weighted by Crippen LogP contribution is 2.25. The first-order valence-electron chi connectivity index (χ1n) is 7.36. The van der Waals surface area contributed by atoms with Crippen LogP contribution in [0, 0.1) is 5.82 Å². The van der Waals surface area contributed by atoms with Crippen LogP contribution in [0.15, 0.2) is 58.5 Å². The van der Waals surface area contributed by atoms with E-state index < -0.39 is 0 Å². The largest absolute Gasteiger partial charge is 0.279 e. The molecule has 4 rings (SSSR count). The van der Waals surface area contributed by atoms with Gasteiger partial charge in [0.15, 0.2) is 5.16 Å². The third-order valence-corrected chi connectivity index (χ3v) is 4.89. The minimum atomic E-state index is -0.240. The summed E-state index contributed by atoms with van der Waals surface area (Å²) < 4.78 is 17.1. The van der Waals surface area contributed by atoms with E-state index in [1.54, 1.807) is 31.3 Å². The third-order valence-electron chi connectivity index (χ3n) is 3.91. The fraction of sp³-hybridized carbons (Fsp3) is 0.118. The van der Waals surface area contributed by atoms with E-state index in [1.165, 1.54) is 22.4 Å². The van der Waals surface area contributed by atoms with Crippen LogP contribution in [0.4, 0.5) is 4.39 Å². The molecule has 0 aliphatic carbocycles. The van der Waals surface area contributed by atoms with Crippen LogP contribution in [-0.4, -0.2) is 19.2 Å². The Balaban J connectivity index is 1.85. The van der Waals surface area contributed by atoms with Crippen molar-refractivity contribution in [1.29, 1.82) is 0 Å². The van der Waals surface area contributed by atoms with Crippen molar-refractivity contribution in [1.82, 2.24) is 19.2 Å². The van der Waals surface area contributed by atoms with Crippen LogP contribution in [0.5, 0.6) is 0 Å². The van der Waals surface area contributed by atoms with Gasteiger partial charge < -0.3 is 0 Å². The maximum atomic E-state index is 13.8. The van der Waals surface area contributed by atoms with Crippen LogP contribution in [0.1, 0.15) is 5.56 Å². The van der Waals surface area contributed by atoms with Gasteiger partial charge >= 0.3 is 0 Å². The second-order valence-corrected chi connectivity index (χ2v) is 6.32. The van der Waals surface area contributed by atoms with Gasteiger partial charge in [0.1, 0.15) is 5.82 Å². The maximum Gasteiger partial charge on any atom is 0.262 e. The average Bonchev–Trinajstić information content (AvgIpc) is 3.03. The number of thioether (sulfide) groups is 1. The Morgan fingerprint density at radius 3 is 2.67 bits per heavy atom. The lowest BCUT2D eigenvalue weighted by atomic mass is 10.2. The highest BCUT2D eigenvalue weighted by atomic mass is 32.2. The Morgan fingerprint density at radius 2 is 1.83 bits per heavy atom. The number of benzene rings is 2. The summed E-state index contributed by atoms with van der Waals surface area (Å²) in [4.78, 5) is 12.4. The van der Waals surface area contributed by atoms with Gasteiger partial charge in [0.05, 0.1) is 10.9 Å². The first-order chi connectivity index (χ1) is 11.7. The van der Waals surface area contributed by atoms with E-state index in [2.05, 4.69) is 10.2 Å². The Kier molecular flexibility index (Phi) is 3.57. The smallest absolute Gasteiger partial charge is 0.262 e. The molecule has 0 aliphatic heterocycles. The molecule has 0 spiro atoms. The van der Waals surface area contributed by atoms with Crippen molar-refractivity contribution in [3.05, 3.63) is 70.3 Å². The molecule has 0 unspecified atom stereocenters. The van der Waals surface area contributed by atoms with Gasteiger partial charge in [-0.15, -0.1) is 10.2 Å². The zero-order valence-corrected chi connectivity index (χ0v) is 13.6. The lowest BCUT2D eigenvalue weighted by Gasteiger charge is -2.07. The number of hydrogen-bond donors (Lipinski definition) is 0. The molecule has 2 aromatic carbocycles. The van der Waals surface area contributed by atoms with E-state index in [-0.39, 0.29) is 11.4 Å². The third kappa shape index (κ3) is 2.28. The molecule has 7 heteroatoms. The van der Waals surface area contributed by atoms with Crippen LogP contribution in [0.25, 0.3) is 16.7 Å². The molecular formula is C17H13FN4OS. The number of nitrogens with zero attached hydrogens (tertiary/aromatic N) is 4. The van der Waals surface area contributed by atoms with E-state index >= 15 is 0 Å². The van der Waals surface area contributed by atoms with Gasteiger partial charge in [0.25, 0.3) is 5.56 Å². The summed E-state index contributed by atoms with van der Waals surface area (Å²) in [6.07, 6.45) is 0. The van der Waals surface area contributed by atoms with E-state index in [0.717, 1.165) is 5.52 Å². The predicted octanol–water partition coefficient (Wildman–Crippen LogP) is 3.01. The van der Waals surface area contributed by atoms with E-state index in [9.17, 15) is 9.18 Å². The Morgan fingerprint density at radius 1 is 1.08 bits per heavy atom. The van der Waals surface area contributed by atoms with Gasteiger partial charge in [-0.05, 0) is 23.8 Å². The van der Waals surface area contributed by atoms with Gasteiger partial charge in [-0.2, -0.15) is 0 Å².